The first-order chi connectivity index (χ1) is 21.8. The number of piperidine rings is 2. The molecule has 2 bridgehead atoms. The number of aromatic nitrogens is 3. The fraction of sp³-hybridized carbons (Fsp3) is 0.361. The van der Waals surface area contributed by atoms with Gasteiger partial charge in [0.25, 0.3) is 5.91 Å². The third kappa shape index (κ3) is 4.60. The van der Waals surface area contributed by atoms with Gasteiger partial charge in [0.15, 0.2) is 5.82 Å². The van der Waals surface area contributed by atoms with Gasteiger partial charge in [0.1, 0.15) is 11.3 Å². The van der Waals surface area contributed by atoms with E-state index in [4.69, 9.17) is 21.2 Å². The van der Waals surface area contributed by atoms with Gasteiger partial charge in [0.05, 0.1) is 23.8 Å². The predicted octanol–water partition coefficient (Wildman–Crippen LogP) is 5.33. The van der Waals surface area contributed by atoms with E-state index in [9.17, 15) is 9.59 Å². The number of imidazole rings is 1. The smallest absolute Gasteiger partial charge is 0.254 e. The molecule has 2 aromatic heterocycles. The molecule has 230 valence electrons. The van der Waals surface area contributed by atoms with Gasteiger partial charge in [-0.05, 0) is 79.8 Å². The van der Waals surface area contributed by atoms with Crippen molar-refractivity contribution in [1.82, 2.24) is 19.0 Å². The molecule has 45 heavy (non-hydrogen) atoms. The van der Waals surface area contributed by atoms with Crippen LogP contribution in [-0.4, -0.2) is 56.6 Å². The number of benzene rings is 3. The first-order valence-electron chi connectivity index (χ1n) is 15.9. The van der Waals surface area contributed by atoms with Crippen LogP contribution in [-0.2, 0) is 13.6 Å². The van der Waals surface area contributed by atoms with E-state index in [0.29, 0.717) is 35.3 Å². The number of carbonyl (C=O) groups excluding carboxylic acids is 2. The molecule has 9 rings (SSSR count). The van der Waals surface area contributed by atoms with Crippen LogP contribution >= 0.6 is 0 Å². The molecule has 2 aliphatic carbocycles. The number of rotatable bonds is 7. The highest BCUT2D eigenvalue weighted by Crippen LogP contribution is 2.41. The van der Waals surface area contributed by atoms with Crippen LogP contribution in [0, 0.1) is 11.8 Å². The van der Waals surface area contributed by atoms with Crippen LogP contribution in [0.25, 0.3) is 44.6 Å². The molecule has 4 aliphatic rings. The zero-order valence-corrected chi connectivity index (χ0v) is 25.7. The molecule has 0 unspecified atom stereocenters. The molecule has 4 N–H and O–H groups in total. The Labute approximate surface area is 261 Å². The first-order valence-corrected chi connectivity index (χ1v) is 15.9. The lowest BCUT2D eigenvalue weighted by Crippen LogP contribution is -2.58. The molecule has 2 saturated heterocycles. The number of methoxy groups -OCH3 is 1. The number of nitrogens with two attached hydrogens (primary N) is 2. The molecule has 4 heterocycles. The van der Waals surface area contributed by atoms with Crippen molar-refractivity contribution in [3.05, 3.63) is 71.8 Å². The Morgan fingerprint density at radius 3 is 2.44 bits per heavy atom. The third-order valence-electron chi connectivity index (χ3n) is 10.3. The summed E-state index contributed by atoms with van der Waals surface area (Å²) >= 11 is 0. The second-order valence-corrected chi connectivity index (χ2v) is 13.2. The summed E-state index contributed by atoms with van der Waals surface area (Å²) in [4.78, 5) is 32.8. The van der Waals surface area contributed by atoms with Gasteiger partial charge in [0.2, 0.25) is 5.91 Å². The van der Waals surface area contributed by atoms with E-state index in [-0.39, 0.29) is 18.0 Å². The van der Waals surface area contributed by atoms with Gasteiger partial charge in [-0.25, -0.2) is 4.98 Å². The number of hydrogen-bond donors (Lipinski definition) is 2. The molecule has 5 aromatic rings. The summed E-state index contributed by atoms with van der Waals surface area (Å²) in [5.74, 6) is 2.03. The van der Waals surface area contributed by atoms with Crippen molar-refractivity contribution >= 4 is 33.8 Å². The highest BCUT2D eigenvalue weighted by molar-refractivity contribution is 6.02. The molecule has 9 heteroatoms. The largest absolute Gasteiger partial charge is 0.494 e. The minimum Gasteiger partial charge on any atom is -0.494 e. The Balaban J connectivity index is 1.25. The van der Waals surface area contributed by atoms with Crippen molar-refractivity contribution in [2.45, 2.75) is 50.7 Å². The Morgan fingerprint density at radius 2 is 1.78 bits per heavy atom. The van der Waals surface area contributed by atoms with Crippen molar-refractivity contribution in [3.63, 3.8) is 0 Å². The number of para-hydroxylation sites is 1. The van der Waals surface area contributed by atoms with E-state index in [1.165, 1.54) is 12.8 Å². The topological polar surface area (TPSA) is 121 Å². The number of ether oxygens (including phenoxy) is 1. The standard InChI is InChI=1S/C36H38N6O3/c1-40-33-29(14-25(16-31(33)45-2)36(44)41-19-24-12-13-26(41)17-28(24)37)39-35(40)30-15-23-4-3-5-27(32(23)42(30)18-20-6-7-20)21-8-10-22(11-9-21)34(38)43/h3-5,8-11,14-16,20,24,26,28H,6-7,12-13,17-19,37H2,1-2H3,(H2,38,43)/t24-,26-,28+/m1/s1. The molecule has 0 radical (unpaired) electrons. The molecular formula is C36H38N6O3. The van der Waals surface area contributed by atoms with Crippen LogP contribution in [0.5, 0.6) is 5.75 Å². The zero-order chi connectivity index (χ0) is 31.0. The second kappa shape index (κ2) is 10.5. The lowest BCUT2D eigenvalue weighted by atomic mass is 9.76. The van der Waals surface area contributed by atoms with Gasteiger partial charge in [0, 0.05) is 54.3 Å². The van der Waals surface area contributed by atoms with E-state index in [0.717, 1.165) is 70.4 Å². The molecule has 2 aliphatic heterocycles. The van der Waals surface area contributed by atoms with E-state index >= 15 is 0 Å². The van der Waals surface area contributed by atoms with Crippen molar-refractivity contribution in [2.24, 2.45) is 30.4 Å². The minimum atomic E-state index is -0.436. The van der Waals surface area contributed by atoms with E-state index < -0.39 is 5.91 Å². The van der Waals surface area contributed by atoms with E-state index in [2.05, 4.69) is 33.4 Å². The van der Waals surface area contributed by atoms with Crippen LogP contribution < -0.4 is 16.2 Å². The Morgan fingerprint density at radius 1 is 0.978 bits per heavy atom. The maximum absolute atomic E-state index is 13.9. The van der Waals surface area contributed by atoms with Gasteiger partial charge in [-0.15, -0.1) is 0 Å². The Hall–Kier alpha value is -4.63. The first kappa shape index (κ1) is 27.9. The molecule has 3 aromatic carbocycles. The molecule has 9 nitrogen and oxygen atoms in total. The number of nitrogens with zero attached hydrogens (tertiary/aromatic N) is 4. The van der Waals surface area contributed by atoms with Crippen molar-refractivity contribution in [3.8, 4) is 28.4 Å². The fourth-order valence-corrected chi connectivity index (χ4v) is 7.69. The Kier molecular flexibility index (Phi) is 6.49. The number of fused-ring (bicyclic) bond motifs is 5. The SMILES string of the molecule is COc1cc(C(=O)N2C[C@H]3CC[C@@H]2C[C@@H]3N)cc2nc(-c3cc4cccc(-c5ccc(C(N)=O)cc5)c4n3CC3CC3)n(C)c12. The van der Waals surface area contributed by atoms with Crippen molar-refractivity contribution < 1.29 is 14.3 Å². The lowest BCUT2D eigenvalue weighted by molar-refractivity contribution is 0.0261. The summed E-state index contributed by atoms with van der Waals surface area (Å²) in [6.07, 6.45) is 5.39. The predicted molar refractivity (Wildman–Crippen MR) is 175 cm³/mol. The highest BCUT2D eigenvalue weighted by Gasteiger charge is 2.41. The minimum absolute atomic E-state index is 0.0267. The summed E-state index contributed by atoms with van der Waals surface area (Å²) < 4.78 is 10.4. The van der Waals surface area contributed by atoms with E-state index in [1.54, 1.807) is 19.2 Å². The number of hydrogen-bond acceptors (Lipinski definition) is 5. The Bertz CT molecular complexity index is 1990. The highest BCUT2D eigenvalue weighted by atomic mass is 16.5. The van der Waals surface area contributed by atoms with Crippen LogP contribution in [0.4, 0.5) is 0 Å². The molecule has 0 spiro atoms. The molecule has 2 amide bonds. The van der Waals surface area contributed by atoms with Gasteiger partial charge in [-0.3, -0.25) is 9.59 Å². The van der Waals surface area contributed by atoms with Crippen LogP contribution in [0.2, 0.25) is 0 Å². The quantitative estimate of drug-likeness (QED) is 0.261. The number of aryl methyl sites for hydroxylation is 1. The fourth-order valence-electron chi connectivity index (χ4n) is 7.69. The lowest BCUT2D eigenvalue weighted by Gasteiger charge is -2.48. The van der Waals surface area contributed by atoms with Crippen molar-refractivity contribution in [2.75, 3.05) is 13.7 Å². The maximum Gasteiger partial charge on any atom is 0.254 e. The number of amides is 2. The van der Waals surface area contributed by atoms with Crippen LogP contribution in [0.15, 0.2) is 60.7 Å². The summed E-state index contributed by atoms with van der Waals surface area (Å²) in [6.45, 7) is 1.60. The third-order valence-corrected chi connectivity index (χ3v) is 10.3. The van der Waals surface area contributed by atoms with Gasteiger partial charge < -0.3 is 30.2 Å². The van der Waals surface area contributed by atoms with Gasteiger partial charge >= 0.3 is 0 Å². The summed E-state index contributed by atoms with van der Waals surface area (Å²) in [5, 5.41) is 1.12. The van der Waals surface area contributed by atoms with Gasteiger partial charge in [-0.2, -0.15) is 0 Å². The monoisotopic (exact) mass is 602 g/mol. The normalized spacial score (nSPS) is 21.1. The molecule has 4 fully saturated rings. The van der Waals surface area contributed by atoms with Crippen LogP contribution in [0.1, 0.15) is 52.8 Å². The summed E-state index contributed by atoms with van der Waals surface area (Å²) in [6, 6.07) is 20.2. The number of carbonyl (C=O) groups is 2. The van der Waals surface area contributed by atoms with E-state index in [1.807, 2.05) is 36.2 Å². The summed E-state index contributed by atoms with van der Waals surface area (Å²) in [5.41, 5.74) is 18.8. The van der Waals surface area contributed by atoms with Crippen molar-refractivity contribution in [1.29, 1.82) is 0 Å². The molecule has 3 atom stereocenters. The molecular weight excluding hydrogens is 564 g/mol. The molecule has 2 saturated carbocycles. The van der Waals surface area contributed by atoms with Gasteiger partial charge in [-0.1, -0.05) is 30.3 Å². The average molecular weight is 603 g/mol. The summed E-state index contributed by atoms with van der Waals surface area (Å²) in [7, 11) is 3.67. The van der Waals surface area contributed by atoms with Crippen LogP contribution in [0.3, 0.4) is 0 Å². The second-order valence-electron chi connectivity index (χ2n) is 13.2. The zero-order valence-electron chi connectivity index (χ0n) is 25.7. The maximum atomic E-state index is 13.9. The number of primary amides is 1. The average Bonchev–Trinajstić information content (AvgIpc) is 3.72.